The van der Waals surface area contributed by atoms with Crippen molar-refractivity contribution in [2.45, 2.75) is 25.7 Å². The highest BCUT2D eigenvalue weighted by Crippen LogP contribution is 2.22. The maximum atomic E-state index is 12.5. The molecular weight excluding hydrogens is 318 g/mol. The number of pyridine rings is 1. The fourth-order valence-electron chi connectivity index (χ4n) is 3.45. The smallest absolute Gasteiger partial charge is 0.338 e. The van der Waals surface area contributed by atoms with Gasteiger partial charge in [-0.3, -0.25) is 4.79 Å². The van der Waals surface area contributed by atoms with E-state index in [1.54, 1.807) is 18.3 Å². The average molecular weight is 343 g/mol. The second-order valence-corrected chi connectivity index (χ2v) is 6.59. The molecule has 1 aromatic rings. The van der Waals surface area contributed by atoms with Gasteiger partial charge in [0.05, 0.1) is 12.7 Å². The molecule has 2 heterocycles. The lowest BCUT2D eigenvalue weighted by Crippen LogP contribution is -2.36. The molecule has 6 heteroatoms. The van der Waals surface area contributed by atoms with E-state index in [0.29, 0.717) is 24.4 Å². The van der Waals surface area contributed by atoms with Gasteiger partial charge in [-0.15, -0.1) is 0 Å². The van der Waals surface area contributed by atoms with Crippen LogP contribution >= 0.6 is 0 Å². The number of anilines is 1. The molecule has 1 aromatic heterocycles. The third kappa shape index (κ3) is 4.38. The van der Waals surface area contributed by atoms with Gasteiger partial charge in [0.1, 0.15) is 5.82 Å². The van der Waals surface area contributed by atoms with Crippen molar-refractivity contribution in [1.29, 1.82) is 0 Å². The molecule has 0 saturated carbocycles. The predicted molar refractivity (Wildman–Crippen MR) is 95.5 cm³/mol. The third-order valence-electron chi connectivity index (χ3n) is 4.89. The summed E-state index contributed by atoms with van der Waals surface area (Å²) in [5.41, 5.74) is 0.498. The van der Waals surface area contributed by atoms with Crippen molar-refractivity contribution in [1.82, 2.24) is 9.88 Å². The highest BCUT2D eigenvalue weighted by atomic mass is 16.5. The molecule has 0 unspecified atom stereocenters. The molecule has 1 amide bonds. The molecule has 1 atom stereocenters. The van der Waals surface area contributed by atoms with Gasteiger partial charge in [-0.05, 0) is 37.3 Å². The SMILES string of the molecule is COC(=O)c1ccnc(N2CCCN(C(=O)C[C@H]3C=CCC3)CC2)c1. The van der Waals surface area contributed by atoms with E-state index in [2.05, 4.69) is 22.0 Å². The van der Waals surface area contributed by atoms with E-state index in [-0.39, 0.29) is 11.9 Å². The Morgan fingerprint density at radius 3 is 2.92 bits per heavy atom. The normalized spacial score (nSPS) is 20.4. The molecule has 1 aliphatic carbocycles. The molecule has 1 fully saturated rings. The first-order valence-corrected chi connectivity index (χ1v) is 8.91. The van der Waals surface area contributed by atoms with Crippen LogP contribution in [0.2, 0.25) is 0 Å². The van der Waals surface area contributed by atoms with E-state index in [1.165, 1.54) is 7.11 Å². The minimum atomic E-state index is -0.361. The van der Waals surface area contributed by atoms with Crippen LogP contribution in [0.1, 0.15) is 36.0 Å². The number of hydrogen-bond donors (Lipinski definition) is 0. The van der Waals surface area contributed by atoms with Gasteiger partial charge in [-0.1, -0.05) is 12.2 Å². The van der Waals surface area contributed by atoms with Gasteiger partial charge in [-0.2, -0.15) is 0 Å². The summed E-state index contributed by atoms with van der Waals surface area (Å²) < 4.78 is 4.77. The Morgan fingerprint density at radius 2 is 2.16 bits per heavy atom. The van der Waals surface area contributed by atoms with Crippen LogP contribution in [0, 0.1) is 5.92 Å². The monoisotopic (exact) mass is 343 g/mol. The Labute approximate surface area is 148 Å². The lowest BCUT2D eigenvalue weighted by Gasteiger charge is -2.23. The van der Waals surface area contributed by atoms with Crippen LogP contribution in [0.25, 0.3) is 0 Å². The average Bonchev–Trinajstić information content (AvgIpc) is 3.02. The standard InChI is InChI=1S/C19H25N3O3/c1-25-19(24)16-7-8-20-17(14-16)21-9-4-10-22(12-11-21)18(23)13-15-5-2-3-6-15/h2,5,7-8,14-15H,3-4,6,9-13H2,1H3/t15-/m0/s1. The van der Waals surface area contributed by atoms with Crippen LogP contribution in [0.4, 0.5) is 5.82 Å². The van der Waals surface area contributed by atoms with Crippen molar-refractivity contribution in [2.24, 2.45) is 5.92 Å². The predicted octanol–water partition coefficient (Wildman–Crippen LogP) is 2.26. The maximum absolute atomic E-state index is 12.5. The maximum Gasteiger partial charge on any atom is 0.338 e. The Morgan fingerprint density at radius 1 is 1.28 bits per heavy atom. The Kier molecular flexibility index (Phi) is 5.68. The molecule has 0 bridgehead atoms. The molecule has 6 nitrogen and oxygen atoms in total. The van der Waals surface area contributed by atoms with E-state index < -0.39 is 0 Å². The summed E-state index contributed by atoms with van der Waals surface area (Å²) in [6.07, 6.45) is 9.67. The summed E-state index contributed by atoms with van der Waals surface area (Å²) in [6.45, 7) is 3.02. The number of methoxy groups -OCH3 is 1. The zero-order chi connectivity index (χ0) is 17.6. The molecule has 134 valence electrons. The van der Waals surface area contributed by atoms with E-state index in [4.69, 9.17) is 4.74 Å². The number of ether oxygens (including phenoxy) is 1. The number of carbonyl (C=O) groups is 2. The number of rotatable bonds is 4. The number of allylic oxidation sites excluding steroid dienone is 2. The van der Waals surface area contributed by atoms with E-state index in [1.807, 2.05) is 4.90 Å². The topological polar surface area (TPSA) is 62.7 Å². The second-order valence-electron chi connectivity index (χ2n) is 6.59. The fourth-order valence-corrected chi connectivity index (χ4v) is 3.45. The first-order chi connectivity index (χ1) is 12.2. The van der Waals surface area contributed by atoms with E-state index in [9.17, 15) is 9.59 Å². The number of aromatic nitrogens is 1. The lowest BCUT2D eigenvalue weighted by molar-refractivity contribution is -0.131. The minimum Gasteiger partial charge on any atom is -0.465 e. The van der Waals surface area contributed by atoms with Gasteiger partial charge in [0.15, 0.2) is 0 Å². The van der Waals surface area contributed by atoms with Crippen molar-refractivity contribution in [3.8, 4) is 0 Å². The van der Waals surface area contributed by atoms with Gasteiger partial charge in [0, 0.05) is 38.8 Å². The molecule has 1 aliphatic heterocycles. The van der Waals surface area contributed by atoms with Crippen molar-refractivity contribution in [3.63, 3.8) is 0 Å². The first-order valence-electron chi connectivity index (χ1n) is 8.91. The van der Waals surface area contributed by atoms with Gasteiger partial charge < -0.3 is 14.5 Å². The van der Waals surface area contributed by atoms with Crippen LogP contribution in [-0.4, -0.2) is 55.0 Å². The summed E-state index contributed by atoms with van der Waals surface area (Å²) in [6, 6.07) is 3.41. The van der Waals surface area contributed by atoms with Crippen molar-refractivity contribution < 1.29 is 14.3 Å². The number of hydrogen-bond acceptors (Lipinski definition) is 5. The van der Waals surface area contributed by atoms with Crippen LogP contribution in [0.3, 0.4) is 0 Å². The van der Waals surface area contributed by atoms with Crippen LogP contribution < -0.4 is 4.90 Å². The Bertz CT molecular complexity index is 659. The summed E-state index contributed by atoms with van der Waals surface area (Å²) in [7, 11) is 1.37. The highest BCUT2D eigenvalue weighted by molar-refractivity contribution is 5.90. The lowest BCUT2D eigenvalue weighted by atomic mass is 10.0. The van der Waals surface area contributed by atoms with Crippen LogP contribution in [-0.2, 0) is 9.53 Å². The van der Waals surface area contributed by atoms with Gasteiger partial charge in [0.2, 0.25) is 5.91 Å². The molecule has 0 radical (unpaired) electrons. The number of nitrogens with zero attached hydrogens (tertiary/aromatic N) is 3. The fraction of sp³-hybridized carbons (Fsp3) is 0.526. The van der Waals surface area contributed by atoms with Gasteiger partial charge >= 0.3 is 5.97 Å². The van der Waals surface area contributed by atoms with Gasteiger partial charge in [0.25, 0.3) is 0 Å². The largest absolute Gasteiger partial charge is 0.465 e. The molecule has 3 rings (SSSR count). The minimum absolute atomic E-state index is 0.245. The molecule has 0 spiro atoms. The summed E-state index contributed by atoms with van der Waals surface area (Å²) in [5.74, 6) is 1.05. The molecule has 25 heavy (non-hydrogen) atoms. The van der Waals surface area contributed by atoms with Crippen LogP contribution in [0.5, 0.6) is 0 Å². The number of carbonyl (C=O) groups excluding carboxylic acids is 2. The molecule has 2 aliphatic rings. The molecule has 1 saturated heterocycles. The molecule has 0 N–H and O–H groups in total. The van der Waals surface area contributed by atoms with Crippen molar-refractivity contribution in [2.75, 3.05) is 38.2 Å². The third-order valence-corrected chi connectivity index (χ3v) is 4.89. The second kappa shape index (κ2) is 8.14. The molecule has 0 aromatic carbocycles. The van der Waals surface area contributed by atoms with E-state index in [0.717, 1.165) is 44.7 Å². The molecular formula is C19H25N3O3. The summed E-state index contributed by atoms with van der Waals surface area (Å²) >= 11 is 0. The van der Waals surface area contributed by atoms with E-state index >= 15 is 0 Å². The zero-order valence-electron chi connectivity index (χ0n) is 14.7. The summed E-state index contributed by atoms with van der Waals surface area (Å²) in [4.78, 5) is 32.7. The van der Waals surface area contributed by atoms with Gasteiger partial charge in [-0.25, -0.2) is 9.78 Å². The Hall–Kier alpha value is -2.37. The quantitative estimate of drug-likeness (QED) is 0.620. The number of esters is 1. The van der Waals surface area contributed by atoms with Crippen molar-refractivity contribution >= 4 is 17.7 Å². The van der Waals surface area contributed by atoms with Crippen LogP contribution in [0.15, 0.2) is 30.5 Å². The van der Waals surface area contributed by atoms with Crippen molar-refractivity contribution in [3.05, 3.63) is 36.0 Å². The zero-order valence-corrected chi connectivity index (χ0v) is 14.7. The highest BCUT2D eigenvalue weighted by Gasteiger charge is 2.23. The number of amides is 1. The summed E-state index contributed by atoms with van der Waals surface area (Å²) in [5, 5.41) is 0. The first kappa shape index (κ1) is 17.5. The Balaban J connectivity index is 1.60.